The first kappa shape index (κ1) is 8.97. The monoisotopic (exact) mass is 255 g/mol. The van der Waals surface area contributed by atoms with E-state index in [9.17, 15) is 0 Å². The Kier molecular flexibility index (Phi) is 2.26. The molecule has 66 valence electrons. The summed E-state index contributed by atoms with van der Waals surface area (Å²) in [6.07, 6.45) is 1.72. The number of halogens is 2. The van der Waals surface area contributed by atoms with E-state index in [2.05, 4.69) is 20.9 Å². The predicted octanol–water partition coefficient (Wildman–Crippen LogP) is 3.96. The molecule has 0 saturated heterocycles. The van der Waals surface area contributed by atoms with Crippen LogP contribution >= 0.6 is 27.5 Å². The normalized spacial score (nSPS) is 10.7. The van der Waals surface area contributed by atoms with Gasteiger partial charge in [0.05, 0.1) is 0 Å². The number of pyridine rings is 1. The molecule has 0 radical (unpaired) electrons. The summed E-state index contributed by atoms with van der Waals surface area (Å²) < 4.78 is 1.05. The molecule has 0 atom stereocenters. The SMILES string of the molecule is Cc1ccc(Br)c2ccnc(Cl)c12. The topological polar surface area (TPSA) is 12.9 Å². The first-order valence-electron chi connectivity index (χ1n) is 3.89. The number of benzene rings is 1. The first-order chi connectivity index (χ1) is 6.20. The van der Waals surface area contributed by atoms with Crippen LogP contribution in [-0.4, -0.2) is 4.98 Å². The lowest BCUT2D eigenvalue weighted by Gasteiger charge is -2.04. The second-order valence-corrected chi connectivity index (χ2v) is 4.10. The van der Waals surface area contributed by atoms with E-state index in [1.165, 1.54) is 0 Å². The van der Waals surface area contributed by atoms with E-state index in [0.717, 1.165) is 20.8 Å². The Morgan fingerprint density at radius 2 is 2.08 bits per heavy atom. The van der Waals surface area contributed by atoms with Gasteiger partial charge in [-0.3, -0.25) is 0 Å². The maximum absolute atomic E-state index is 6.00. The van der Waals surface area contributed by atoms with Crippen LogP contribution in [0, 0.1) is 6.92 Å². The molecule has 0 N–H and O–H groups in total. The number of rotatable bonds is 0. The molecule has 0 aliphatic rings. The summed E-state index contributed by atoms with van der Waals surface area (Å²) in [7, 11) is 0. The predicted molar refractivity (Wildman–Crippen MR) is 59.2 cm³/mol. The van der Waals surface area contributed by atoms with Crippen LogP contribution in [0.1, 0.15) is 5.56 Å². The van der Waals surface area contributed by atoms with Gasteiger partial charge in [0.1, 0.15) is 5.15 Å². The highest BCUT2D eigenvalue weighted by Crippen LogP contribution is 2.30. The summed E-state index contributed by atoms with van der Waals surface area (Å²) in [6.45, 7) is 2.03. The van der Waals surface area contributed by atoms with Crippen molar-refractivity contribution in [1.29, 1.82) is 0 Å². The molecule has 13 heavy (non-hydrogen) atoms. The van der Waals surface area contributed by atoms with Crippen LogP contribution in [0.5, 0.6) is 0 Å². The Hall–Kier alpha value is -0.600. The van der Waals surface area contributed by atoms with Crippen LogP contribution < -0.4 is 0 Å². The van der Waals surface area contributed by atoms with Gasteiger partial charge in [0.25, 0.3) is 0 Å². The number of nitrogens with zero attached hydrogens (tertiary/aromatic N) is 1. The van der Waals surface area contributed by atoms with Crippen molar-refractivity contribution in [3.8, 4) is 0 Å². The lowest BCUT2D eigenvalue weighted by Crippen LogP contribution is -1.83. The van der Waals surface area contributed by atoms with Crippen LogP contribution in [-0.2, 0) is 0 Å². The first-order valence-corrected chi connectivity index (χ1v) is 5.06. The molecule has 0 aliphatic carbocycles. The summed E-state index contributed by atoms with van der Waals surface area (Å²) in [5.74, 6) is 0. The molecule has 1 heterocycles. The van der Waals surface area contributed by atoms with Crippen molar-refractivity contribution in [2.75, 3.05) is 0 Å². The number of hydrogen-bond acceptors (Lipinski definition) is 1. The van der Waals surface area contributed by atoms with E-state index in [-0.39, 0.29) is 0 Å². The van der Waals surface area contributed by atoms with Crippen LogP contribution in [0.4, 0.5) is 0 Å². The summed E-state index contributed by atoms with van der Waals surface area (Å²) in [5, 5.41) is 2.70. The van der Waals surface area contributed by atoms with Crippen molar-refractivity contribution >= 4 is 38.3 Å². The average Bonchev–Trinajstić information content (AvgIpc) is 2.12. The number of aromatic nitrogens is 1. The highest BCUT2D eigenvalue weighted by Gasteiger charge is 2.05. The Morgan fingerprint density at radius 1 is 1.31 bits per heavy atom. The summed E-state index contributed by atoms with van der Waals surface area (Å²) >= 11 is 9.48. The number of aryl methyl sites for hydroxylation is 1. The molecule has 0 fully saturated rings. The molecule has 0 spiro atoms. The van der Waals surface area contributed by atoms with Crippen LogP contribution in [0.2, 0.25) is 5.15 Å². The minimum atomic E-state index is 0.566. The zero-order chi connectivity index (χ0) is 9.42. The second-order valence-electron chi connectivity index (χ2n) is 2.89. The van der Waals surface area contributed by atoms with Gasteiger partial charge in [0.2, 0.25) is 0 Å². The third-order valence-corrected chi connectivity index (χ3v) is 3.01. The van der Waals surface area contributed by atoms with E-state index in [0.29, 0.717) is 5.15 Å². The van der Waals surface area contributed by atoms with Gasteiger partial charge < -0.3 is 0 Å². The smallest absolute Gasteiger partial charge is 0.137 e. The fourth-order valence-corrected chi connectivity index (χ4v) is 2.15. The molecule has 0 bridgehead atoms. The van der Waals surface area contributed by atoms with Crippen molar-refractivity contribution in [2.24, 2.45) is 0 Å². The van der Waals surface area contributed by atoms with Crippen molar-refractivity contribution in [3.63, 3.8) is 0 Å². The average molecular weight is 257 g/mol. The molecular formula is C10H7BrClN. The fraction of sp³-hybridized carbons (Fsp3) is 0.100. The molecule has 1 aromatic carbocycles. The minimum absolute atomic E-state index is 0.566. The van der Waals surface area contributed by atoms with Gasteiger partial charge in [-0.2, -0.15) is 0 Å². The molecule has 1 aromatic heterocycles. The highest BCUT2D eigenvalue weighted by atomic mass is 79.9. The van der Waals surface area contributed by atoms with Crippen molar-refractivity contribution < 1.29 is 0 Å². The van der Waals surface area contributed by atoms with Crippen molar-refractivity contribution in [1.82, 2.24) is 4.98 Å². The Labute approximate surface area is 89.9 Å². The Morgan fingerprint density at radius 3 is 2.77 bits per heavy atom. The van der Waals surface area contributed by atoms with Crippen LogP contribution in [0.15, 0.2) is 28.9 Å². The Balaban J connectivity index is 3.00. The van der Waals surface area contributed by atoms with E-state index >= 15 is 0 Å². The zero-order valence-corrected chi connectivity index (χ0v) is 9.35. The summed E-state index contributed by atoms with van der Waals surface area (Å²) in [5.41, 5.74) is 1.15. The molecule has 0 saturated carbocycles. The molecule has 1 nitrogen and oxygen atoms in total. The number of hydrogen-bond donors (Lipinski definition) is 0. The lowest BCUT2D eigenvalue weighted by atomic mass is 10.1. The standard InChI is InChI=1S/C10H7BrClN/c1-6-2-3-8(11)7-4-5-13-10(12)9(6)7/h2-5H,1H3. The summed E-state index contributed by atoms with van der Waals surface area (Å²) in [6, 6.07) is 6.01. The van der Waals surface area contributed by atoms with Gasteiger partial charge in [-0.25, -0.2) is 4.98 Å². The molecular weight excluding hydrogens is 249 g/mol. The van der Waals surface area contributed by atoms with Gasteiger partial charge >= 0.3 is 0 Å². The van der Waals surface area contributed by atoms with E-state index in [1.807, 2.05) is 25.1 Å². The van der Waals surface area contributed by atoms with Gasteiger partial charge in [-0.1, -0.05) is 33.6 Å². The van der Waals surface area contributed by atoms with E-state index in [1.54, 1.807) is 6.20 Å². The van der Waals surface area contributed by atoms with Crippen molar-refractivity contribution in [3.05, 3.63) is 39.6 Å². The maximum atomic E-state index is 6.00. The van der Waals surface area contributed by atoms with Gasteiger partial charge in [0.15, 0.2) is 0 Å². The largest absolute Gasteiger partial charge is 0.244 e. The lowest BCUT2D eigenvalue weighted by molar-refractivity contribution is 1.35. The van der Waals surface area contributed by atoms with Gasteiger partial charge in [-0.15, -0.1) is 0 Å². The maximum Gasteiger partial charge on any atom is 0.137 e. The third kappa shape index (κ3) is 1.45. The zero-order valence-electron chi connectivity index (χ0n) is 7.01. The van der Waals surface area contributed by atoms with E-state index < -0.39 is 0 Å². The molecule has 2 aromatic rings. The quantitative estimate of drug-likeness (QED) is 0.650. The molecule has 0 unspecified atom stereocenters. The number of fused-ring (bicyclic) bond motifs is 1. The second kappa shape index (κ2) is 3.28. The third-order valence-electron chi connectivity index (χ3n) is 2.04. The van der Waals surface area contributed by atoms with Crippen LogP contribution in [0.25, 0.3) is 10.8 Å². The van der Waals surface area contributed by atoms with Gasteiger partial charge in [-0.05, 0) is 24.6 Å². The fourth-order valence-electron chi connectivity index (χ4n) is 1.38. The summed E-state index contributed by atoms with van der Waals surface area (Å²) in [4.78, 5) is 4.05. The molecule has 0 amide bonds. The molecule has 2 rings (SSSR count). The van der Waals surface area contributed by atoms with Crippen molar-refractivity contribution in [2.45, 2.75) is 6.92 Å². The van der Waals surface area contributed by atoms with Crippen LogP contribution in [0.3, 0.4) is 0 Å². The molecule has 3 heteroatoms. The molecule has 0 aliphatic heterocycles. The highest BCUT2D eigenvalue weighted by molar-refractivity contribution is 9.10. The minimum Gasteiger partial charge on any atom is -0.244 e. The van der Waals surface area contributed by atoms with Gasteiger partial charge in [0, 0.05) is 21.4 Å². The Bertz CT molecular complexity index is 459. The van der Waals surface area contributed by atoms with E-state index in [4.69, 9.17) is 11.6 Å².